The van der Waals surface area contributed by atoms with Gasteiger partial charge in [0.15, 0.2) is 5.76 Å². The highest BCUT2D eigenvalue weighted by molar-refractivity contribution is 6.03. The lowest BCUT2D eigenvalue weighted by molar-refractivity contribution is -0.137. The summed E-state index contributed by atoms with van der Waals surface area (Å²) in [5, 5.41) is 7.58. The van der Waals surface area contributed by atoms with Gasteiger partial charge >= 0.3 is 12.1 Å². The maximum absolute atomic E-state index is 12.8. The summed E-state index contributed by atoms with van der Waals surface area (Å²) in [7, 11) is 1.17. The van der Waals surface area contributed by atoms with Crippen LogP contribution in [0, 0.1) is 6.92 Å². The van der Waals surface area contributed by atoms with E-state index < -0.39 is 23.6 Å². The molecule has 0 aliphatic rings. The summed E-state index contributed by atoms with van der Waals surface area (Å²) in [5.74, 6) is -1.41. The van der Waals surface area contributed by atoms with Gasteiger partial charge < -0.3 is 9.26 Å². The average Bonchev–Trinajstić information content (AvgIpc) is 3.27. The molecule has 0 fully saturated rings. The van der Waals surface area contributed by atoms with Crippen molar-refractivity contribution in [3.63, 3.8) is 0 Å². The number of halogens is 3. The number of carbonyl (C=O) groups excluding carboxylic acids is 2. The summed E-state index contributed by atoms with van der Waals surface area (Å²) >= 11 is 0. The Hall–Kier alpha value is -3.43. The smallest absolute Gasteiger partial charge is 0.416 e. The van der Waals surface area contributed by atoms with Crippen LogP contribution in [0.5, 0.6) is 0 Å². The molecule has 0 radical (unpaired) electrons. The zero-order valence-electron chi connectivity index (χ0n) is 14.1. The Kier molecular flexibility index (Phi) is 4.56. The minimum Gasteiger partial charge on any atom is -0.465 e. The molecule has 140 valence electrons. The van der Waals surface area contributed by atoms with E-state index in [9.17, 15) is 22.8 Å². The molecule has 0 amide bonds. The monoisotopic (exact) mass is 379 g/mol. The molecule has 0 spiro atoms. The molecular formula is C17H12F3N3O4. The topological polar surface area (TPSA) is 87.2 Å². The number of aromatic nitrogens is 3. The van der Waals surface area contributed by atoms with Crippen molar-refractivity contribution in [1.29, 1.82) is 0 Å². The second-order valence-electron chi connectivity index (χ2n) is 5.47. The molecule has 2 aromatic heterocycles. The maximum Gasteiger partial charge on any atom is 0.416 e. The number of hydrogen-bond acceptors (Lipinski definition) is 6. The van der Waals surface area contributed by atoms with Crippen molar-refractivity contribution < 1.29 is 32.0 Å². The standard InChI is InChI=1S/C17H12F3N3O4/c1-9-13(16(25)26-2)14(12-7-8-21-27-12)23(22-9)15(24)10-3-5-11(6-4-10)17(18,19)20/h3-8H,1-2H3. The van der Waals surface area contributed by atoms with Crippen molar-refractivity contribution >= 4 is 11.9 Å². The minimum absolute atomic E-state index is 0.00162. The summed E-state index contributed by atoms with van der Waals surface area (Å²) in [4.78, 5) is 24.9. The first-order chi connectivity index (χ1) is 12.7. The molecule has 27 heavy (non-hydrogen) atoms. The van der Waals surface area contributed by atoms with Gasteiger partial charge in [0, 0.05) is 11.6 Å². The molecule has 3 rings (SSSR count). The van der Waals surface area contributed by atoms with E-state index in [4.69, 9.17) is 9.26 Å². The fraction of sp³-hybridized carbons (Fsp3) is 0.176. The molecule has 0 N–H and O–H groups in total. The second kappa shape index (κ2) is 6.71. The Bertz CT molecular complexity index is 990. The first-order valence-electron chi connectivity index (χ1n) is 7.55. The predicted octanol–water partition coefficient (Wildman–Crippen LogP) is 3.34. The van der Waals surface area contributed by atoms with Crippen molar-refractivity contribution in [2.75, 3.05) is 7.11 Å². The van der Waals surface area contributed by atoms with Gasteiger partial charge in [-0.05, 0) is 31.2 Å². The number of aryl methyl sites for hydroxylation is 1. The van der Waals surface area contributed by atoms with Crippen molar-refractivity contribution in [1.82, 2.24) is 14.9 Å². The Labute approximate surface area is 150 Å². The van der Waals surface area contributed by atoms with Crippen molar-refractivity contribution in [3.8, 4) is 11.5 Å². The zero-order chi connectivity index (χ0) is 19.8. The first kappa shape index (κ1) is 18.4. The molecule has 1 aromatic carbocycles. The lowest BCUT2D eigenvalue weighted by Crippen LogP contribution is -2.16. The Morgan fingerprint density at radius 2 is 1.81 bits per heavy atom. The fourth-order valence-corrected chi connectivity index (χ4v) is 2.51. The SMILES string of the molecule is COC(=O)c1c(C)nn(C(=O)c2ccc(C(F)(F)F)cc2)c1-c1ccno1. The third-order valence-electron chi connectivity index (χ3n) is 3.77. The lowest BCUT2D eigenvalue weighted by Gasteiger charge is -2.08. The van der Waals surface area contributed by atoms with Gasteiger partial charge in [-0.15, -0.1) is 0 Å². The van der Waals surface area contributed by atoms with Gasteiger partial charge in [-0.3, -0.25) is 4.79 Å². The Morgan fingerprint density at radius 1 is 1.15 bits per heavy atom. The molecule has 0 bridgehead atoms. The average molecular weight is 379 g/mol. The van der Waals surface area contributed by atoms with Crippen LogP contribution in [0.1, 0.15) is 32.0 Å². The van der Waals surface area contributed by atoms with Crippen molar-refractivity contribution in [3.05, 3.63) is 58.9 Å². The molecule has 7 nitrogen and oxygen atoms in total. The number of carbonyl (C=O) groups is 2. The molecule has 0 unspecified atom stereocenters. The van der Waals surface area contributed by atoms with E-state index >= 15 is 0 Å². The summed E-state index contributed by atoms with van der Waals surface area (Å²) in [6.45, 7) is 1.49. The number of ether oxygens (including phenoxy) is 1. The van der Waals surface area contributed by atoms with Gasteiger partial charge in [0.25, 0.3) is 5.91 Å². The molecule has 0 aliphatic carbocycles. The van der Waals surface area contributed by atoms with Crippen LogP contribution < -0.4 is 0 Å². The van der Waals surface area contributed by atoms with Gasteiger partial charge in [-0.1, -0.05) is 5.16 Å². The molecule has 0 aliphatic heterocycles. The summed E-state index contributed by atoms with van der Waals surface area (Å²) in [6.07, 6.45) is -3.21. The van der Waals surface area contributed by atoms with Crippen molar-refractivity contribution in [2.45, 2.75) is 13.1 Å². The van der Waals surface area contributed by atoms with Crippen LogP contribution in [0.3, 0.4) is 0 Å². The molecule has 3 aromatic rings. The highest BCUT2D eigenvalue weighted by atomic mass is 19.4. The summed E-state index contributed by atoms with van der Waals surface area (Å²) < 4.78 is 48.7. The van der Waals surface area contributed by atoms with E-state index in [0.717, 1.165) is 28.9 Å². The van der Waals surface area contributed by atoms with E-state index in [1.807, 2.05) is 0 Å². The molecule has 2 heterocycles. The first-order valence-corrected chi connectivity index (χ1v) is 7.55. The van der Waals surface area contributed by atoms with Gasteiger partial charge in [0.1, 0.15) is 11.3 Å². The van der Waals surface area contributed by atoms with E-state index in [1.165, 1.54) is 26.3 Å². The Balaban J connectivity index is 2.11. The molecule has 0 atom stereocenters. The predicted molar refractivity (Wildman–Crippen MR) is 85.0 cm³/mol. The number of nitrogens with zero attached hydrogens (tertiary/aromatic N) is 3. The molecular weight excluding hydrogens is 367 g/mol. The quantitative estimate of drug-likeness (QED) is 0.649. The Morgan fingerprint density at radius 3 is 2.33 bits per heavy atom. The second-order valence-corrected chi connectivity index (χ2v) is 5.47. The van der Waals surface area contributed by atoms with Gasteiger partial charge in [-0.25, -0.2) is 4.79 Å². The fourth-order valence-electron chi connectivity index (χ4n) is 2.51. The number of esters is 1. The van der Waals surface area contributed by atoms with Crippen LogP contribution in [0.2, 0.25) is 0 Å². The van der Waals surface area contributed by atoms with Crippen LogP contribution in [0.25, 0.3) is 11.5 Å². The highest BCUT2D eigenvalue weighted by Crippen LogP contribution is 2.30. The van der Waals surface area contributed by atoms with E-state index in [-0.39, 0.29) is 28.3 Å². The summed E-state index contributed by atoms with van der Waals surface area (Å²) in [6, 6.07) is 5.06. The van der Waals surface area contributed by atoms with E-state index in [1.54, 1.807) is 0 Å². The largest absolute Gasteiger partial charge is 0.465 e. The van der Waals surface area contributed by atoms with Crippen LogP contribution in [-0.4, -0.2) is 33.9 Å². The van der Waals surface area contributed by atoms with Gasteiger partial charge in [-0.2, -0.15) is 23.0 Å². The van der Waals surface area contributed by atoms with E-state index in [0.29, 0.717) is 0 Å². The van der Waals surface area contributed by atoms with Crippen LogP contribution in [-0.2, 0) is 10.9 Å². The highest BCUT2D eigenvalue weighted by Gasteiger charge is 2.32. The minimum atomic E-state index is -4.52. The van der Waals surface area contributed by atoms with Gasteiger partial charge in [0.05, 0.1) is 24.6 Å². The van der Waals surface area contributed by atoms with Crippen molar-refractivity contribution in [2.24, 2.45) is 0 Å². The zero-order valence-corrected chi connectivity index (χ0v) is 14.1. The third-order valence-corrected chi connectivity index (χ3v) is 3.77. The molecule has 10 heteroatoms. The normalized spacial score (nSPS) is 11.4. The third kappa shape index (κ3) is 3.33. The maximum atomic E-state index is 12.8. The van der Waals surface area contributed by atoms with E-state index in [2.05, 4.69) is 10.3 Å². The number of hydrogen-bond donors (Lipinski definition) is 0. The summed E-state index contributed by atoms with van der Waals surface area (Å²) in [5.41, 5.74) is -0.756. The molecule has 0 saturated carbocycles. The molecule has 0 saturated heterocycles. The lowest BCUT2D eigenvalue weighted by atomic mass is 10.1. The number of rotatable bonds is 3. The van der Waals surface area contributed by atoms with Crippen LogP contribution in [0.15, 0.2) is 41.1 Å². The number of benzene rings is 1. The number of methoxy groups -OCH3 is 1. The van der Waals surface area contributed by atoms with Crippen LogP contribution >= 0.6 is 0 Å². The van der Waals surface area contributed by atoms with Gasteiger partial charge in [0.2, 0.25) is 0 Å². The van der Waals surface area contributed by atoms with Crippen LogP contribution in [0.4, 0.5) is 13.2 Å². The number of alkyl halides is 3.